The number of hydrogen-bond donors (Lipinski definition) is 1. The van der Waals surface area contributed by atoms with E-state index in [0.717, 1.165) is 31.8 Å². The molecular weight excluding hydrogens is 212 g/mol. The van der Waals surface area contributed by atoms with Gasteiger partial charge in [0.25, 0.3) is 0 Å². The topological polar surface area (TPSA) is 32.3 Å². The van der Waals surface area contributed by atoms with Crippen LogP contribution in [0.15, 0.2) is 0 Å². The summed E-state index contributed by atoms with van der Waals surface area (Å²) in [4.78, 5) is 13.9. The van der Waals surface area contributed by atoms with Gasteiger partial charge in [0.1, 0.15) is 0 Å². The highest BCUT2D eigenvalue weighted by atomic mass is 16.2. The zero-order valence-corrected chi connectivity index (χ0v) is 12.0. The molecular formula is C14H28N2O. The van der Waals surface area contributed by atoms with Crippen molar-refractivity contribution in [2.24, 2.45) is 11.3 Å². The maximum Gasteiger partial charge on any atom is 0.317 e. The molecule has 0 saturated carbocycles. The molecule has 1 unspecified atom stereocenters. The van der Waals surface area contributed by atoms with Crippen LogP contribution in [0.1, 0.15) is 53.9 Å². The second-order valence-electron chi connectivity index (χ2n) is 6.59. The van der Waals surface area contributed by atoms with Crippen LogP contribution in [0.5, 0.6) is 0 Å². The minimum absolute atomic E-state index is 0.106. The summed E-state index contributed by atoms with van der Waals surface area (Å²) in [6.45, 7) is 12.7. The zero-order chi connectivity index (χ0) is 13.1. The molecule has 0 bridgehead atoms. The third-order valence-corrected chi connectivity index (χ3v) is 3.65. The molecule has 0 aliphatic carbocycles. The van der Waals surface area contributed by atoms with E-state index in [1.165, 1.54) is 6.42 Å². The van der Waals surface area contributed by atoms with E-state index in [2.05, 4.69) is 26.1 Å². The van der Waals surface area contributed by atoms with Crippen LogP contribution in [0, 0.1) is 11.3 Å². The van der Waals surface area contributed by atoms with Gasteiger partial charge >= 0.3 is 6.03 Å². The van der Waals surface area contributed by atoms with Gasteiger partial charge in [-0.1, -0.05) is 20.8 Å². The van der Waals surface area contributed by atoms with Gasteiger partial charge in [-0.2, -0.15) is 0 Å². The van der Waals surface area contributed by atoms with Crippen molar-refractivity contribution in [3.8, 4) is 0 Å². The lowest BCUT2D eigenvalue weighted by molar-refractivity contribution is 0.189. The van der Waals surface area contributed by atoms with Gasteiger partial charge < -0.3 is 10.2 Å². The largest absolute Gasteiger partial charge is 0.336 e. The molecule has 0 radical (unpaired) electrons. The van der Waals surface area contributed by atoms with E-state index in [1.807, 2.05) is 18.7 Å². The van der Waals surface area contributed by atoms with Crippen LogP contribution < -0.4 is 5.32 Å². The highest BCUT2D eigenvalue weighted by molar-refractivity contribution is 5.74. The molecule has 2 amide bonds. The fourth-order valence-corrected chi connectivity index (χ4v) is 2.50. The molecule has 0 aromatic heterocycles. The Labute approximate surface area is 106 Å². The lowest BCUT2D eigenvalue weighted by atomic mass is 9.77. The van der Waals surface area contributed by atoms with Gasteiger partial charge in [-0.15, -0.1) is 0 Å². The number of rotatable bonds is 1. The Morgan fingerprint density at radius 2 is 1.88 bits per heavy atom. The predicted octanol–water partition coefficient (Wildman–Crippen LogP) is 3.25. The molecule has 3 heteroatoms. The van der Waals surface area contributed by atoms with Gasteiger partial charge in [-0.25, -0.2) is 4.79 Å². The number of carbonyl (C=O) groups is 1. The SMILES string of the molecule is CC(C)NC(=O)N1CCCC(C(C)(C)C)CC1. The molecule has 1 N–H and O–H groups in total. The van der Waals surface area contributed by atoms with Crippen molar-refractivity contribution in [1.82, 2.24) is 10.2 Å². The fourth-order valence-electron chi connectivity index (χ4n) is 2.50. The van der Waals surface area contributed by atoms with Crippen molar-refractivity contribution in [2.75, 3.05) is 13.1 Å². The molecule has 3 nitrogen and oxygen atoms in total. The van der Waals surface area contributed by atoms with Crippen LogP contribution in [0.4, 0.5) is 4.79 Å². The Morgan fingerprint density at radius 3 is 2.41 bits per heavy atom. The van der Waals surface area contributed by atoms with Crippen molar-refractivity contribution in [3.63, 3.8) is 0 Å². The molecule has 1 heterocycles. The fraction of sp³-hybridized carbons (Fsp3) is 0.929. The van der Waals surface area contributed by atoms with Gasteiger partial charge in [0.05, 0.1) is 0 Å². The van der Waals surface area contributed by atoms with E-state index in [1.54, 1.807) is 0 Å². The molecule has 1 aliphatic heterocycles. The van der Waals surface area contributed by atoms with E-state index < -0.39 is 0 Å². The molecule has 0 aromatic carbocycles. The van der Waals surface area contributed by atoms with Gasteiger partial charge in [0.2, 0.25) is 0 Å². The number of urea groups is 1. The standard InChI is InChI=1S/C14H28N2O/c1-11(2)15-13(17)16-9-6-7-12(8-10-16)14(3,4)5/h11-12H,6-10H2,1-5H3,(H,15,17). The van der Waals surface area contributed by atoms with Crippen molar-refractivity contribution in [1.29, 1.82) is 0 Å². The summed E-state index contributed by atoms with van der Waals surface area (Å²) < 4.78 is 0. The average Bonchev–Trinajstić information content (AvgIpc) is 2.40. The molecule has 1 saturated heterocycles. The summed E-state index contributed by atoms with van der Waals surface area (Å²) in [5.74, 6) is 0.736. The quantitative estimate of drug-likeness (QED) is 0.749. The van der Waals surface area contributed by atoms with Crippen molar-refractivity contribution >= 4 is 6.03 Å². The van der Waals surface area contributed by atoms with Crippen LogP contribution >= 0.6 is 0 Å². The number of carbonyl (C=O) groups excluding carboxylic acids is 1. The summed E-state index contributed by atoms with van der Waals surface area (Å²) in [5.41, 5.74) is 0.366. The van der Waals surface area contributed by atoms with Crippen LogP contribution in [-0.4, -0.2) is 30.1 Å². The Kier molecular flexibility index (Phi) is 4.84. The smallest absolute Gasteiger partial charge is 0.317 e. The molecule has 1 fully saturated rings. The average molecular weight is 240 g/mol. The maximum absolute atomic E-state index is 11.9. The number of amides is 2. The molecule has 1 aliphatic rings. The Bertz CT molecular complexity index is 255. The van der Waals surface area contributed by atoms with E-state index >= 15 is 0 Å². The normalized spacial score (nSPS) is 22.5. The summed E-state index contributed by atoms with van der Waals surface area (Å²) in [6.07, 6.45) is 3.51. The highest BCUT2D eigenvalue weighted by Gasteiger charge is 2.28. The molecule has 1 rings (SSSR count). The monoisotopic (exact) mass is 240 g/mol. The van der Waals surface area contributed by atoms with E-state index in [4.69, 9.17) is 0 Å². The van der Waals surface area contributed by atoms with Gasteiger partial charge in [-0.05, 0) is 44.4 Å². The minimum Gasteiger partial charge on any atom is -0.336 e. The van der Waals surface area contributed by atoms with E-state index in [9.17, 15) is 4.79 Å². The summed E-state index contributed by atoms with van der Waals surface area (Å²) in [7, 11) is 0. The predicted molar refractivity (Wildman–Crippen MR) is 72.0 cm³/mol. The van der Waals surface area contributed by atoms with Crippen molar-refractivity contribution in [3.05, 3.63) is 0 Å². The second-order valence-corrected chi connectivity index (χ2v) is 6.59. The summed E-state index contributed by atoms with van der Waals surface area (Å²) >= 11 is 0. The van der Waals surface area contributed by atoms with Crippen LogP contribution in [0.3, 0.4) is 0 Å². The second kappa shape index (κ2) is 5.74. The highest BCUT2D eigenvalue weighted by Crippen LogP contribution is 2.34. The van der Waals surface area contributed by atoms with Gasteiger partial charge in [0.15, 0.2) is 0 Å². The third kappa shape index (κ3) is 4.57. The lowest BCUT2D eigenvalue weighted by Crippen LogP contribution is -2.43. The lowest BCUT2D eigenvalue weighted by Gasteiger charge is -2.29. The first-order valence-corrected chi connectivity index (χ1v) is 6.86. The first-order chi connectivity index (χ1) is 7.80. The Hall–Kier alpha value is -0.730. The summed E-state index contributed by atoms with van der Waals surface area (Å²) in [6, 6.07) is 0.332. The molecule has 0 aromatic rings. The first-order valence-electron chi connectivity index (χ1n) is 6.86. The molecule has 0 spiro atoms. The van der Waals surface area contributed by atoms with Gasteiger partial charge in [-0.3, -0.25) is 0 Å². The van der Waals surface area contributed by atoms with Crippen LogP contribution in [-0.2, 0) is 0 Å². The zero-order valence-electron chi connectivity index (χ0n) is 12.0. The first kappa shape index (κ1) is 14.3. The molecule has 17 heavy (non-hydrogen) atoms. The number of hydrogen-bond acceptors (Lipinski definition) is 1. The van der Waals surface area contributed by atoms with E-state index in [0.29, 0.717) is 5.41 Å². The summed E-state index contributed by atoms with van der Waals surface area (Å²) in [5, 5.41) is 2.98. The Morgan fingerprint density at radius 1 is 1.24 bits per heavy atom. The van der Waals surface area contributed by atoms with E-state index in [-0.39, 0.29) is 12.1 Å². The maximum atomic E-state index is 11.9. The number of likely N-dealkylation sites (tertiary alicyclic amines) is 1. The number of nitrogens with one attached hydrogen (secondary N) is 1. The molecule has 1 atom stereocenters. The van der Waals surface area contributed by atoms with Crippen molar-refractivity contribution in [2.45, 2.75) is 59.9 Å². The third-order valence-electron chi connectivity index (χ3n) is 3.65. The van der Waals surface area contributed by atoms with Crippen LogP contribution in [0.25, 0.3) is 0 Å². The van der Waals surface area contributed by atoms with Crippen LogP contribution in [0.2, 0.25) is 0 Å². The number of nitrogens with zero attached hydrogens (tertiary/aromatic N) is 1. The Balaban J connectivity index is 2.50. The minimum atomic E-state index is 0.106. The molecule has 100 valence electrons. The van der Waals surface area contributed by atoms with Crippen molar-refractivity contribution < 1.29 is 4.79 Å². The van der Waals surface area contributed by atoms with Gasteiger partial charge in [0, 0.05) is 19.1 Å².